The van der Waals surface area contributed by atoms with E-state index in [4.69, 9.17) is 27.9 Å². The molecule has 7 heteroatoms. The number of carbonyl (C=O) groups is 2. The van der Waals surface area contributed by atoms with Crippen molar-refractivity contribution < 1.29 is 14.3 Å². The van der Waals surface area contributed by atoms with Crippen molar-refractivity contribution in [2.24, 2.45) is 0 Å². The number of para-hydroxylation sites is 1. The van der Waals surface area contributed by atoms with Gasteiger partial charge in [0.05, 0.1) is 6.54 Å². The zero-order chi connectivity index (χ0) is 18.3. The summed E-state index contributed by atoms with van der Waals surface area (Å²) in [6.45, 7) is 0.0309. The molecule has 0 unspecified atom stereocenters. The maximum atomic E-state index is 12.6. The van der Waals surface area contributed by atoms with Crippen molar-refractivity contribution in [2.45, 2.75) is 6.54 Å². The van der Waals surface area contributed by atoms with E-state index in [1.165, 1.54) is 0 Å². The van der Waals surface area contributed by atoms with Crippen molar-refractivity contribution in [3.8, 4) is 0 Å². The Bertz CT molecular complexity index is 1050. The highest BCUT2D eigenvalue weighted by Gasteiger charge is 2.36. The number of benzene rings is 2. The molecule has 0 atom stereocenters. The second-order valence-electron chi connectivity index (χ2n) is 5.84. The summed E-state index contributed by atoms with van der Waals surface area (Å²) in [5, 5.41) is 1.80. The normalized spacial score (nSPS) is 15.9. The molecule has 1 aliphatic heterocycles. The Morgan fingerprint density at radius 1 is 1.08 bits per heavy atom. The molecule has 2 aromatic carbocycles. The molecule has 1 N–H and O–H groups in total. The molecule has 0 radical (unpaired) electrons. The van der Waals surface area contributed by atoms with Crippen LogP contribution in [0.25, 0.3) is 17.0 Å². The summed E-state index contributed by atoms with van der Waals surface area (Å²) in [5.74, 6) is -0.524. The Morgan fingerprint density at radius 2 is 1.81 bits per heavy atom. The molecule has 130 valence electrons. The first-order valence-electron chi connectivity index (χ1n) is 7.78. The number of aromatic nitrogens is 1. The fourth-order valence-electron chi connectivity index (χ4n) is 2.88. The van der Waals surface area contributed by atoms with E-state index in [0.717, 1.165) is 21.4 Å². The van der Waals surface area contributed by atoms with Crippen molar-refractivity contribution in [1.82, 2.24) is 9.88 Å². The van der Waals surface area contributed by atoms with Gasteiger partial charge in [-0.25, -0.2) is 9.69 Å². The molecule has 0 aliphatic carbocycles. The first kappa shape index (κ1) is 16.7. The fourth-order valence-corrected chi connectivity index (χ4v) is 3.45. The van der Waals surface area contributed by atoms with Gasteiger partial charge in [-0.15, -0.1) is 0 Å². The summed E-state index contributed by atoms with van der Waals surface area (Å²) >= 11 is 11.9. The Kier molecular flexibility index (Phi) is 4.18. The molecule has 2 amide bonds. The molecule has 26 heavy (non-hydrogen) atoms. The predicted octanol–water partition coefficient (Wildman–Crippen LogP) is 4.99. The number of imide groups is 1. The largest absolute Gasteiger partial charge is 0.422 e. The zero-order valence-electron chi connectivity index (χ0n) is 13.3. The van der Waals surface area contributed by atoms with E-state index in [-0.39, 0.29) is 12.3 Å². The number of H-pyrrole nitrogens is 1. The number of cyclic esters (lactones) is 1. The van der Waals surface area contributed by atoms with E-state index in [2.05, 4.69) is 4.98 Å². The van der Waals surface area contributed by atoms with Crippen LogP contribution in [0.3, 0.4) is 0 Å². The SMILES string of the molecule is O=C1O/C(=C/c2c[nH]c3ccccc23)C(=O)N1Cc1cc(Cl)cc(Cl)c1. The van der Waals surface area contributed by atoms with Gasteiger partial charge < -0.3 is 9.72 Å². The summed E-state index contributed by atoms with van der Waals surface area (Å²) in [6, 6.07) is 12.5. The molecule has 0 saturated carbocycles. The highest BCUT2D eigenvalue weighted by molar-refractivity contribution is 6.34. The molecule has 2 heterocycles. The van der Waals surface area contributed by atoms with Gasteiger partial charge in [0.25, 0.3) is 5.91 Å². The van der Waals surface area contributed by atoms with Crippen LogP contribution in [0.4, 0.5) is 4.79 Å². The highest BCUT2D eigenvalue weighted by Crippen LogP contribution is 2.27. The predicted molar refractivity (Wildman–Crippen MR) is 99.8 cm³/mol. The molecule has 4 rings (SSSR count). The summed E-state index contributed by atoms with van der Waals surface area (Å²) in [4.78, 5) is 28.8. The second-order valence-corrected chi connectivity index (χ2v) is 6.71. The summed E-state index contributed by atoms with van der Waals surface area (Å²) in [5.41, 5.74) is 2.34. The number of hydrogen-bond acceptors (Lipinski definition) is 3. The summed E-state index contributed by atoms with van der Waals surface area (Å²) < 4.78 is 5.16. The van der Waals surface area contributed by atoms with Crippen LogP contribution in [0.5, 0.6) is 0 Å². The second kappa shape index (κ2) is 6.52. The van der Waals surface area contributed by atoms with Gasteiger partial charge in [0.15, 0.2) is 5.76 Å². The van der Waals surface area contributed by atoms with Gasteiger partial charge in [-0.1, -0.05) is 41.4 Å². The van der Waals surface area contributed by atoms with Crippen LogP contribution < -0.4 is 0 Å². The Balaban J connectivity index is 1.62. The van der Waals surface area contributed by atoms with Crippen LogP contribution in [0, 0.1) is 0 Å². The molecule has 1 aliphatic rings. The minimum Gasteiger partial charge on any atom is -0.404 e. The maximum absolute atomic E-state index is 12.6. The summed E-state index contributed by atoms with van der Waals surface area (Å²) in [6.07, 6.45) is 2.60. The van der Waals surface area contributed by atoms with Crippen LogP contribution in [0.2, 0.25) is 10.0 Å². The third-order valence-corrected chi connectivity index (χ3v) is 4.48. The number of halogens is 2. The lowest BCUT2D eigenvalue weighted by atomic mass is 10.1. The van der Waals surface area contributed by atoms with Gasteiger partial charge >= 0.3 is 6.09 Å². The van der Waals surface area contributed by atoms with E-state index in [1.807, 2.05) is 24.3 Å². The van der Waals surface area contributed by atoms with Gasteiger partial charge in [-0.2, -0.15) is 0 Å². The minimum absolute atomic E-state index is 0.0205. The third kappa shape index (κ3) is 3.07. The Morgan fingerprint density at radius 3 is 2.58 bits per heavy atom. The molecule has 0 bridgehead atoms. The molecule has 5 nitrogen and oxygen atoms in total. The van der Waals surface area contributed by atoms with Crippen molar-refractivity contribution in [3.05, 3.63) is 75.6 Å². The number of aromatic amines is 1. The molecule has 1 fully saturated rings. The van der Waals surface area contributed by atoms with Crippen LogP contribution in [-0.4, -0.2) is 21.9 Å². The standard InChI is InChI=1S/C19H12Cl2N2O3/c20-13-5-11(6-14(21)8-13)10-23-18(24)17(26-19(23)25)7-12-9-22-16-4-2-1-3-15(12)16/h1-9,22H,10H2/b17-7+. The van der Waals surface area contributed by atoms with Crippen LogP contribution in [0.1, 0.15) is 11.1 Å². The van der Waals surface area contributed by atoms with E-state index in [1.54, 1.807) is 30.5 Å². The average molecular weight is 387 g/mol. The Hall–Kier alpha value is -2.76. The van der Waals surface area contributed by atoms with Gasteiger partial charge in [0.2, 0.25) is 0 Å². The molecule has 1 aromatic heterocycles. The van der Waals surface area contributed by atoms with Gasteiger partial charge in [0.1, 0.15) is 0 Å². The average Bonchev–Trinajstić information content (AvgIpc) is 3.11. The van der Waals surface area contributed by atoms with E-state index < -0.39 is 12.0 Å². The number of carbonyl (C=O) groups excluding carboxylic acids is 2. The van der Waals surface area contributed by atoms with Crippen molar-refractivity contribution >= 4 is 52.2 Å². The van der Waals surface area contributed by atoms with Crippen molar-refractivity contribution in [2.75, 3.05) is 0 Å². The number of fused-ring (bicyclic) bond motifs is 1. The minimum atomic E-state index is -0.725. The first-order chi connectivity index (χ1) is 12.5. The lowest BCUT2D eigenvalue weighted by molar-refractivity contribution is -0.123. The third-order valence-electron chi connectivity index (χ3n) is 4.04. The molecule has 1 saturated heterocycles. The smallest absolute Gasteiger partial charge is 0.404 e. The van der Waals surface area contributed by atoms with Crippen LogP contribution in [0.15, 0.2) is 54.4 Å². The zero-order valence-corrected chi connectivity index (χ0v) is 14.8. The quantitative estimate of drug-likeness (QED) is 0.644. The fraction of sp³-hybridized carbons (Fsp3) is 0.0526. The lowest BCUT2D eigenvalue weighted by Crippen LogP contribution is -2.28. The number of hydrogen-bond donors (Lipinski definition) is 1. The molecule has 3 aromatic rings. The lowest BCUT2D eigenvalue weighted by Gasteiger charge is -2.10. The topological polar surface area (TPSA) is 62.4 Å². The number of nitrogens with zero attached hydrogens (tertiary/aromatic N) is 1. The van der Waals surface area contributed by atoms with E-state index in [9.17, 15) is 9.59 Å². The molecule has 0 spiro atoms. The van der Waals surface area contributed by atoms with Crippen molar-refractivity contribution in [3.63, 3.8) is 0 Å². The number of amides is 2. The molecular formula is C19H12Cl2N2O3. The summed E-state index contributed by atoms with van der Waals surface area (Å²) in [7, 11) is 0. The number of nitrogens with one attached hydrogen (secondary N) is 1. The number of ether oxygens (including phenoxy) is 1. The molecular weight excluding hydrogens is 375 g/mol. The van der Waals surface area contributed by atoms with Gasteiger partial charge in [-0.05, 0) is 35.9 Å². The van der Waals surface area contributed by atoms with E-state index >= 15 is 0 Å². The van der Waals surface area contributed by atoms with Crippen LogP contribution in [-0.2, 0) is 16.1 Å². The van der Waals surface area contributed by atoms with E-state index in [0.29, 0.717) is 15.6 Å². The first-order valence-corrected chi connectivity index (χ1v) is 8.53. The Labute approximate surface area is 158 Å². The maximum Gasteiger partial charge on any atom is 0.422 e. The monoisotopic (exact) mass is 386 g/mol. The van der Waals surface area contributed by atoms with Gasteiger partial charge in [-0.3, -0.25) is 4.79 Å². The number of rotatable bonds is 3. The van der Waals surface area contributed by atoms with Gasteiger partial charge in [0, 0.05) is 32.7 Å². The van der Waals surface area contributed by atoms with Crippen molar-refractivity contribution in [1.29, 1.82) is 0 Å². The highest BCUT2D eigenvalue weighted by atomic mass is 35.5. The van der Waals surface area contributed by atoms with Crippen LogP contribution >= 0.6 is 23.2 Å².